The van der Waals surface area contributed by atoms with Gasteiger partial charge in [-0.2, -0.15) is 0 Å². The van der Waals surface area contributed by atoms with E-state index in [2.05, 4.69) is 5.16 Å². The molecule has 0 amide bonds. The average molecular weight is 359 g/mol. The highest BCUT2D eigenvalue weighted by molar-refractivity contribution is 5.78. The van der Waals surface area contributed by atoms with Crippen molar-refractivity contribution < 1.29 is 43.9 Å². The average Bonchev–Trinajstić information content (AvgIpc) is 2.50. The standard InChI is InChI=1S/C15H19N4O2.2ClH/c1-17(2)14-6-10-19(11-7-14)15(21-3)18-8-4-13(5-9-18)12-16-20;;/h4-12,15H,1-3H3;2*1H/q+1;;/p-1. The zero-order chi connectivity index (χ0) is 15.2. The molecule has 8 heteroatoms. The molecule has 0 saturated carbocycles. The Bertz CT molecular complexity index is 604. The second kappa shape index (κ2) is 9.99. The van der Waals surface area contributed by atoms with Crippen molar-refractivity contribution in [3.05, 3.63) is 54.6 Å². The fourth-order valence-electron chi connectivity index (χ4n) is 2.02. The number of hydrogen-bond donors (Lipinski definition) is 1. The number of methoxy groups -OCH3 is 1. The predicted octanol–water partition coefficient (Wildman–Crippen LogP) is -5.21. The van der Waals surface area contributed by atoms with Crippen molar-refractivity contribution in [3.63, 3.8) is 0 Å². The van der Waals surface area contributed by atoms with Crippen molar-refractivity contribution in [1.29, 1.82) is 0 Å². The molecule has 23 heavy (non-hydrogen) atoms. The van der Waals surface area contributed by atoms with Gasteiger partial charge >= 0.3 is 6.35 Å². The summed E-state index contributed by atoms with van der Waals surface area (Å²) >= 11 is 0. The summed E-state index contributed by atoms with van der Waals surface area (Å²) < 4.78 is 9.44. The summed E-state index contributed by atoms with van der Waals surface area (Å²) in [6.45, 7) is 0. The van der Waals surface area contributed by atoms with E-state index in [1.54, 1.807) is 7.11 Å². The molecule has 0 aliphatic rings. The molecule has 0 spiro atoms. The zero-order valence-corrected chi connectivity index (χ0v) is 14.7. The fraction of sp³-hybridized carbons (Fsp3) is 0.267. The first-order chi connectivity index (χ1) is 10.2. The molecule has 0 bridgehead atoms. The van der Waals surface area contributed by atoms with Crippen molar-refractivity contribution in [2.45, 2.75) is 6.35 Å². The van der Waals surface area contributed by atoms with Gasteiger partial charge in [0.1, 0.15) is 0 Å². The summed E-state index contributed by atoms with van der Waals surface area (Å²) in [6, 6.07) is 7.75. The van der Waals surface area contributed by atoms with Crippen molar-refractivity contribution in [2.24, 2.45) is 5.16 Å². The van der Waals surface area contributed by atoms with E-state index in [4.69, 9.17) is 9.94 Å². The SMILES string of the molecule is COC([n+]1ccc(/C=N\O)cc1)[n+]1ccc(N(C)C)cc1.[Cl-].[Cl-]. The van der Waals surface area contributed by atoms with Crippen LogP contribution < -0.4 is 38.8 Å². The minimum Gasteiger partial charge on any atom is -1.00 e. The summed E-state index contributed by atoms with van der Waals surface area (Å²) in [6.07, 6.45) is 8.79. The van der Waals surface area contributed by atoms with Crippen LogP contribution in [0.4, 0.5) is 5.69 Å². The van der Waals surface area contributed by atoms with Crippen molar-refractivity contribution >= 4 is 11.9 Å². The lowest BCUT2D eigenvalue weighted by Crippen LogP contribution is -3.00. The molecule has 0 aliphatic carbocycles. The van der Waals surface area contributed by atoms with E-state index in [1.807, 2.05) is 77.2 Å². The number of pyridine rings is 2. The van der Waals surface area contributed by atoms with Crippen LogP contribution in [0.5, 0.6) is 0 Å². The van der Waals surface area contributed by atoms with Gasteiger partial charge in [-0.3, -0.25) is 4.74 Å². The lowest BCUT2D eigenvalue weighted by Gasteiger charge is -2.11. The number of nitrogens with zero attached hydrogens (tertiary/aromatic N) is 4. The molecule has 0 radical (unpaired) electrons. The maximum Gasteiger partial charge on any atom is 0.474 e. The number of anilines is 1. The predicted molar refractivity (Wildman–Crippen MR) is 78.4 cm³/mol. The smallest absolute Gasteiger partial charge is 0.474 e. The Balaban J connectivity index is 0.00000242. The Morgan fingerprint density at radius 3 is 1.91 bits per heavy atom. The van der Waals surface area contributed by atoms with E-state index in [9.17, 15) is 0 Å². The molecule has 1 unspecified atom stereocenters. The molecule has 0 fully saturated rings. The van der Waals surface area contributed by atoms with Gasteiger partial charge < -0.3 is 34.9 Å². The van der Waals surface area contributed by atoms with Crippen LogP contribution in [0.1, 0.15) is 11.9 Å². The third kappa shape index (κ3) is 5.35. The number of rotatable bonds is 5. The largest absolute Gasteiger partial charge is 1.00 e. The van der Waals surface area contributed by atoms with Gasteiger partial charge in [0.15, 0.2) is 24.8 Å². The maximum atomic E-state index is 8.52. The van der Waals surface area contributed by atoms with Gasteiger partial charge in [0.2, 0.25) is 0 Å². The normalized spacial score (nSPS) is 11.4. The number of hydrogen-bond acceptors (Lipinski definition) is 4. The number of oxime groups is 1. The Labute approximate surface area is 148 Å². The Hall–Kier alpha value is -1.89. The van der Waals surface area contributed by atoms with E-state index >= 15 is 0 Å². The number of aromatic nitrogens is 2. The van der Waals surface area contributed by atoms with Crippen LogP contribution in [-0.4, -0.2) is 32.6 Å². The molecule has 0 aromatic carbocycles. The molecule has 2 heterocycles. The van der Waals surface area contributed by atoms with Crippen LogP contribution in [0.25, 0.3) is 0 Å². The third-order valence-corrected chi connectivity index (χ3v) is 3.16. The minimum atomic E-state index is -0.277. The Kier molecular flexibility index (Phi) is 9.17. The first kappa shape index (κ1) is 21.1. The molecule has 0 saturated heterocycles. The lowest BCUT2D eigenvalue weighted by atomic mass is 10.3. The van der Waals surface area contributed by atoms with Crippen molar-refractivity contribution in [3.8, 4) is 0 Å². The van der Waals surface area contributed by atoms with Gasteiger partial charge in [-0.05, 0) is 0 Å². The highest BCUT2D eigenvalue weighted by Gasteiger charge is 2.26. The van der Waals surface area contributed by atoms with Crippen LogP contribution in [0, 0.1) is 0 Å². The Morgan fingerprint density at radius 2 is 1.52 bits per heavy atom. The van der Waals surface area contributed by atoms with Gasteiger partial charge in [0, 0.05) is 56.7 Å². The van der Waals surface area contributed by atoms with E-state index in [0.717, 1.165) is 11.3 Å². The summed E-state index contributed by atoms with van der Waals surface area (Å²) in [5.41, 5.74) is 1.94. The molecule has 0 aliphatic heterocycles. The molecule has 2 aromatic rings. The van der Waals surface area contributed by atoms with Gasteiger partial charge in [-0.25, -0.2) is 0 Å². The van der Waals surface area contributed by atoms with Crippen molar-refractivity contribution in [1.82, 2.24) is 0 Å². The van der Waals surface area contributed by atoms with E-state index in [-0.39, 0.29) is 31.2 Å². The summed E-state index contributed by atoms with van der Waals surface area (Å²) in [5.74, 6) is 0. The van der Waals surface area contributed by atoms with Crippen molar-refractivity contribution in [2.75, 3.05) is 26.1 Å². The first-order valence-electron chi connectivity index (χ1n) is 6.55. The summed E-state index contributed by atoms with van der Waals surface area (Å²) in [7, 11) is 5.67. The van der Waals surface area contributed by atoms with Crippen LogP contribution in [0.3, 0.4) is 0 Å². The van der Waals surface area contributed by atoms with Crippen LogP contribution in [0.15, 0.2) is 54.2 Å². The highest BCUT2D eigenvalue weighted by Crippen LogP contribution is 2.07. The molecule has 1 N–H and O–H groups in total. The second-order valence-corrected chi connectivity index (χ2v) is 4.78. The van der Waals surface area contributed by atoms with Gasteiger partial charge in [-0.1, -0.05) is 5.16 Å². The topological polar surface area (TPSA) is 52.8 Å². The number of ether oxygens (including phenoxy) is 1. The molecule has 1 atom stereocenters. The van der Waals surface area contributed by atoms with E-state index in [1.165, 1.54) is 6.21 Å². The van der Waals surface area contributed by atoms with Gasteiger partial charge in [-0.15, -0.1) is 9.13 Å². The number of halogens is 2. The minimum absolute atomic E-state index is 0. The monoisotopic (exact) mass is 358 g/mol. The Morgan fingerprint density at radius 1 is 1.04 bits per heavy atom. The third-order valence-electron chi connectivity index (χ3n) is 3.16. The molecular formula is C15H20Cl2N4O2. The van der Waals surface area contributed by atoms with Gasteiger partial charge in [0.05, 0.1) is 6.21 Å². The van der Waals surface area contributed by atoms with E-state index < -0.39 is 0 Å². The molecule has 2 aromatic heterocycles. The highest BCUT2D eigenvalue weighted by atomic mass is 35.5. The van der Waals surface area contributed by atoms with Gasteiger partial charge in [0.25, 0.3) is 0 Å². The molecule has 2 rings (SSSR count). The van der Waals surface area contributed by atoms with Crippen LogP contribution in [0.2, 0.25) is 0 Å². The van der Waals surface area contributed by atoms with Crippen LogP contribution in [-0.2, 0) is 4.74 Å². The summed E-state index contributed by atoms with van der Waals surface area (Å²) in [4.78, 5) is 2.04. The first-order valence-corrected chi connectivity index (χ1v) is 6.55. The molecule has 6 nitrogen and oxygen atoms in total. The quantitative estimate of drug-likeness (QED) is 0.251. The molecular weight excluding hydrogens is 339 g/mol. The maximum absolute atomic E-state index is 8.52. The van der Waals surface area contributed by atoms with E-state index in [0.29, 0.717) is 0 Å². The fourth-order valence-corrected chi connectivity index (χ4v) is 2.02. The summed E-state index contributed by atoms with van der Waals surface area (Å²) in [5, 5.41) is 11.5. The second-order valence-electron chi connectivity index (χ2n) is 4.78. The zero-order valence-electron chi connectivity index (χ0n) is 13.2. The lowest BCUT2D eigenvalue weighted by molar-refractivity contribution is -0.983. The van der Waals surface area contributed by atoms with Crippen LogP contribution >= 0.6 is 0 Å². The molecule has 126 valence electrons.